The monoisotopic (exact) mass is 311 g/mol. The Morgan fingerprint density at radius 3 is 2.48 bits per heavy atom. The van der Waals surface area contributed by atoms with Crippen molar-refractivity contribution in [1.82, 2.24) is 4.31 Å². The second-order valence-corrected chi connectivity index (χ2v) is 8.04. The van der Waals surface area contributed by atoms with Gasteiger partial charge in [0.25, 0.3) is 0 Å². The molecule has 0 spiro atoms. The molecule has 2 aliphatic rings. The van der Waals surface area contributed by atoms with Gasteiger partial charge in [-0.1, -0.05) is 0 Å². The number of aliphatic hydroxyl groups is 1. The molecule has 1 aromatic rings. The summed E-state index contributed by atoms with van der Waals surface area (Å²) in [6.45, 7) is 4.73. The van der Waals surface area contributed by atoms with E-state index in [0.717, 1.165) is 11.1 Å². The second kappa shape index (κ2) is 4.97. The Morgan fingerprint density at radius 1 is 1.24 bits per heavy atom. The van der Waals surface area contributed by atoms with Crippen molar-refractivity contribution in [3.05, 3.63) is 23.3 Å². The summed E-state index contributed by atoms with van der Waals surface area (Å²) in [6, 6.07) is 3.45. The van der Waals surface area contributed by atoms with Crippen LogP contribution in [0.1, 0.15) is 17.5 Å². The molecule has 5 nitrogen and oxygen atoms in total. The van der Waals surface area contributed by atoms with Gasteiger partial charge in [-0.05, 0) is 49.4 Å². The number of aliphatic hydroxyl groups excluding tert-OH is 1. The van der Waals surface area contributed by atoms with Gasteiger partial charge >= 0.3 is 0 Å². The van der Waals surface area contributed by atoms with Gasteiger partial charge in [0.2, 0.25) is 10.0 Å². The molecule has 1 aromatic carbocycles. The molecule has 1 aliphatic carbocycles. The Morgan fingerprint density at radius 2 is 1.90 bits per heavy atom. The minimum atomic E-state index is -3.57. The van der Waals surface area contributed by atoms with Crippen molar-refractivity contribution in [3.8, 4) is 5.75 Å². The Labute approximate surface area is 125 Å². The first-order valence-electron chi connectivity index (χ1n) is 7.18. The van der Waals surface area contributed by atoms with Crippen LogP contribution in [0.5, 0.6) is 5.75 Å². The van der Waals surface area contributed by atoms with E-state index in [9.17, 15) is 13.5 Å². The van der Waals surface area contributed by atoms with E-state index in [1.54, 1.807) is 12.1 Å². The van der Waals surface area contributed by atoms with E-state index >= 15 is 0 Å². The molecule has 1 N–H and O–H groups in total. The fraction of sp³-hybridized carbons (Fsp3) is 0.600. The maximum absolute atomic E-state index is 12.9. The average Bonchev–Trinajstić information content (AvgIpc) is 2.79. The van der Waals surface area contributed by atoms with Crippen molar-refractivity contribution in [2.45, 2.75) is 31.3 Å². The topological polar surface area (TPSA) is 66.8 Å². The molecule has 3 rings (SSSR count). The van der Waals surface area contributed by atoms with E-state index in [0.29, 0.717) is 31.2 Å². The van der Waals surface area contributed by atoms with Crippen LogP contribution in [0.25, 0.3) is 0 Å². The standard InChI is InChI=1S/C15H21NO4S/c1-9-4-14(20-3)15(5-10(9)2)21(18,19)16-7-11-6-13(17)12(11)8-16/h4-5,11-13,17H,6-8H2,1-3H3. The number of nitrogens with zero attached hydrogens (tertiary/aromatic N) is 1. The minimum Gasteiger partial charge on any atom is -0.495 e. The Bertz CT molecular complexity index is 670. The maximum atomic E-state index is 12.9. The lowest BCUT2D eigenvalue weighted by molar-refractivity contribution is -0.00416. The summed E-state index contributed by atoms with van der Waals surface area (Å²) in [5.41, 5.74) is 1.93. The smallest absolute Gasteiger partial charge is 0.246 e. The van der Waals surface area contributed by atoms with E-state index in [4.69, 9.17) is 4.74 Å². The van der Waals surface area contributed by atoms with Gasteiger partial charge in [-0.3, -0.25) is 0 Å². The van der Waals surface area contributed by atoms with Crippen LogP contribution in [-0.2, 0) is 10.0 Å². The van der Waals surface area contributed by atoms with Crippen molar-refractivity contribution >= 4 is 10.0 Å². The van der Waals surface area contributed by atoms with Crippen molar-refractivity contribution < 1.29 is 18.3 Å². The largest absolute Gasteiger partial charge is 0.495 e. The molecule has 2 fully saturated rings. The molecule has 0 bridgehead atoms. The first-order chi connectivity index (χ1) is 9.84. The number of aryl methyl sites for hydroxylation is 2. The van der Waals surface area contributed by atoms with Crippen molar-refractivity contribution in [2.24, 2.45) is 11.8 Å². The summed E-state index contributed by atoms with van der Waals surface area (Å²) in [5.74, 6) is 0.780. The fourth-order valence-corrected chi connectivity index (χ4v) is 5.05. The molecule has 116 valence electrons. The number of hydrogen-bond donors (Lipinski definition) is 1. The number of ether oxygens (including phenoxy) is 1. The predicted molar refractivity (Wildman–Crippen MR) is 78.8 cm³/mol. The SMILES string of the molecule is COc1cc(C)c(C)cc1S(=O)(=O)N1CC2CC(O)C2C1. The van der Waals surface area contributed by atoms with Gasteiger partial charge < -0.3 is 9.84 Å². The van der Waals surface area contributed by atoms with E-state index in [1.807, 2.05) is 13.8 Å². The fourth-order valence-electron chi connectivity index (χ4n) is 3.29. The third-order valence-electron chi connectivity index (χ3n) is 4.89. The number of sulfonamides is 1. The summed E-state index contributed by atoms with van der Waals surface area (Å²) in [4.78, 5) is 0.226. The molecule has 0 aromatic heterocycles. The first-order valence-corrected chi connectivity index (χ1v) is 8.62. The highest BCUT2D eigenvalue weighted by atomic mass is 32.2. The minimum absolute atomic E-state index is 0.0947. The predicted octanol–water partition coefficient (Wildman–Crippen LogP) is 1.31. The number of rotatable bonds is 3. The molecule has 1 heterocycles. The van der Waals surface area contributed by atoms with Gasteiger partial charge in [-0.15, -0.1) is 0 Å². The normalized spacial score (nSPS) is 29.0. The zero-order valence-corrected chi connectivity index (χ0v) is 13.4. The van der Waals surface area contributed by atoms with Gasteiger partial charge in [0.05, 0.1) is 13.2 Å². The summed E-state index contributed by atoms with van der Waals surface area (Å²) < 4.78 is 32.5. The number of fused-ring (bicyclic) bond motifs is 1. The van der Waals surface area contributed by atoms with Crippen molar-refractivity contribution in [2.75, 3.05) is 20.2 Å². The molecule has 0 radical (unpaired) electrons. The molecule has 3 atom stereocenters. The van der Waals surface area contributed by atoms with Gasteiger partial charge in [0.15, 0.2) is 0 Å². The van der Waals surface area contributed by atoms with Crippen molar-refractivity contribution in [3.63, 3.8) is 0 Å². The summed E-state index contributed by atoms with van der Waals surface area (Å²) >= 11 is 0. The lowest BCUT2D eigenvalue weighted by Crippen LogP contribution is -2.39. The number of methoxy groups -OCH3 is 1. The van der Waals surface area contributed by atoms with Crippen LogP contribution >= 0.6 is 0 Å². The van der Waals surface area contributed by atoms with E-state index in [1.165, 1.54) is 11.4 Å². The Kier molecular flexibility index (Phi) is 3.50. The van der Waals surface area contributed by atoms with Gasteiger partial charge in [0, 0.05) is 19.0 Å². The zero-order chi connectivity index (χ0) is 15.4. The average molecular weight is 311 g/mol. The van der Waals surface area contributed by atoms with Crippen molar-refractivity contribution in [1.29, 1.82) is 0 Å². The quantitative estimate of drug-likeness (QED) is 0.914. The third kappa shape index (κ3) is 2.25. The molecule has 21 heavy (non-hydrogen) atoms. The highest BCUT2D eigenvalue weighted by Crippen LogP contribution is 2.43. The highest BCUT2D eigenvalue weighted by molar-refractivity contribution is 7.89. The lowest BCUT2D eigenvalue weighted by atomic mass is 9.74. The van der Waals surface area contributed by atoms with E-state index < -0.39 is 10.0 Å². The van der Waals surface area contributed by atoms with Crippen LogP contribution in [0, 0.1) is 25.7 Å². The Hall–Kier alpha value is -1.11. The lowest BCUT2D eigenvalue weighted by Gasteiger charge is -2.34. The molecular weight excluding hydrogens is 290 g/mol. The molecule has 1 aliphatic heterocycles. The number of hydrogen-bond acceptors (Lipinski definition) is 4. The first kappa shape index (κ1) is 14.8. The van der Waals surface area contributed by atoms with E-state index in [2.05, 4.69) is 0 Å². The van der Waals surface area contributed by atoms with Crippen LogP contribution in [0.15, 0.2) is 17.0 Å². The van der Waals surface area contributed by atoms with Crippen LogP contribution in [-0.4, -0.2) is 44.1 Å². The maximum Gasteiger partial charge on any atom is 0.246 e. The number of benzene rings is 1. The second-order valence-electron chi connectivity index (χ2n) is 6.14. The third-order valence-corrected chi connectivity index (χ3v) is 6.75. The molecular formula is C15H21NO4S. The van der Waals surface area contributed by atoms with Gasteiger partial charge in [0.1, 0.15) is 10.6 Å². The summed E-state index contributed by atoms with van der Waals surface area (Å²) in [7, 11) is -2.09. The van der Waals surface area contributed by atoms with E-state index in [-0.39, 0.29) is 16.9 Å². The Balaban J connectivity index is 1.97. The molecule has 1 saturated carbocycles. The molecule has 1 saturated heterocycles. The van der Waals surface area contributed by atoms with Crippen LogP contribution in [0.2, 0.25) is 0 Å². The summed E-state index contributed by atoms with van der Waals surface area (Å²) in [5, 5.41) is 9.71. The van der Waals surface area contributed by atoms with Crippen LogP contribution in [0.4, 0.5) is 0 Å². The van der Waals surface area contributed by atoms with Crippen LogP contribution in [0.3, 0.4) is 0 Å². The van der Waals surface area contributed by atoms with Crippen LogP contribution < -0.4 is 4.74 Å². The van der Waals surface area contributed by atoms with Gasteiger partial charge in [-0.2, -0.15) is 4.31 Å². The summed E-state index contributed by atoms with van der Waals surface area (Å²) in [6.07, 6.45) is 0.359. The molecule has 6 heteroatoms. The zero-order valence-electron chi connectivity index (χ0n) is 12.5. The molecule has 3 unspecified atom stereocenters. The highest BCUT2D eigenvalue weighted by Gasteiger charge is 2.49. The van der Waals surface area contributed by atoms with Gasteiger partial charge in [-0.25, -0.2) is 8.42 Å². The molecule has 0 amide bonds.